The maximum Gasteiger partial charge on any atom is 0.336 e. The summed E-state index contributed by atoms with van der Waals surface area (Å²) in [7, 11) is 4.16. The lowest BCUT2D eigenvalue weighted by atomic mass is 9.69. The van der Waals surface area contributed by atoms with Crippen LogP contribution in [0.15, 0.2) is 40.7 Å². The fourth-order valence-electron chi connectivity index (χ4n) is 4.47. The third kappa shape index (κ3) is 4.59. The molecule has 9 nitrogen and oxygen atoms in total. The third-order valence-electron chi connectivity index (χ3n) is 6.02. The monoisotopic (exact) mass is 459 g/mol. The number of phenolic OH excluding ortho intramolecular Hbond substituents is 1. The highest BCUT2D eigenvalue weighted by Crippen LogP contribution is 2.46. The zero-order chi connectivity index (χ0) is 24.3. The van der Waals surface area contributed by atoms with Gasteiger partial charge in [-0.1, -0.05) is 13.0 Å². The number of aromatic hydroxyl groups is 1. The molecule has 0 spiro atoms. The van der Waals surface area contributed by atoms with Crippen molar-refractivity contribution in [2.75, 3.05) is 34.5 Å². The van der Waals surface area contributed by atoms with Gasteiger partial charge < -0.3 is 29.4 Å². The van der Waals surface area contributed by atoms with E-state index in [1.54, 1.807) is 19.1 Å². The Kier molecular flexibility index (Phi) is 7.43. The van der Waals surface area contributed by atoms with Gasteiger partial charge in [0.2, 0.25) is 0 Å². The summed E-state index contributed by atoms with van der Waals surface area (Å²) in [6.45, 7) is 3.80. The van der Waals surface area contributed by atoms with E-state index >= 15 is 0 Å². The summed E-state index contributed by atoms with van der Waals surface area (Å²) in [4.78, 5) is 39.2. The van der Waals surface area contributed by atoms with Crippen molar-refractivity contribution in [3.63, 3.8) is 0 Å². The minimum absolute atomic E-state index is 0.0361. The minimum Gasteiger partial charge on any atom is -0.504 e. The third-order valence-corrected chi connectivity index (χ3v) is 6.02. The molecule has 33 heavy (non-hydrogen) atoms. The second-order valence-electron chi connectivity index (χ2n) is 8.10. The number of rotatable bonds is 7. The average molecular weight is 459 g/mol. The molecule has 9 heteroatoms. The first kappa shape index (κ1) is 24.3. The second-order valence-corrected chi connectivity index (χ2v) is 8.10. The molecule has 1 aliphatic carbocycles. The summed E-state index contributed by atoms with van der Waals surface area (Å²) in [5.41, 5.74) is 2.18. The van der Waals surface area contributed by atoms with Crippen LogP contribution in [0.1, 0.15) is 31.7 Å². The highest BCUT2D eigenvalue weighted by atomic mass is 16.6. The SMILES string of the molecule is COCCOC(=O)C1=C(C)NC2=C(C(=O)[C@H](C(=O)OC)[C@H](C)C2)[C@H]1c1ccc(OC)c(O)c1. The number of esters is 2. The molecule has 1 aliphatic heterocycles. The summed E-state index contributed by atoms with van der Waals surface area (Å²) >= 11 is 0. The lowest BCUT2D eigenvalue weighted by Crippen LogP contribution is -2.43. The largest absolute Gasteiger partial charge is 0.504 e. The molecule has 2 N–H and O–H groups in total. The number of benzene rings is 1. The first-order chi connectivity index (χ1) is 15.7. The Labute approximate surface area is 192 Å². The van der Waals surface area contributed by atoms with Crippen molar-refractivity contribution >= 4 is 17.7 Å². The van der Waals surface area contributed by atoms with Crippen molar-refractivity contribution in [1.82, 2.24) is 5.32 Å². The highest BCUT2D eigenvalue weighted by molar-refractivity contribution is 6.12. The Morgan fingerprint density at radius 1 is 1.18 bits per heavy atom. The number of allylic oxidation sites excluding steroid dienone is 3. The zero-order valence-electron chi connectivity index (χ0n) is 19.4. The molecule has 0 unspecified atom stereocenters. The van der Waals surface area contributed by atoms with E-state index in [1.807, 2.05) is 6.92 Å². The van der Waals surface area contributed by atoms with Gasteiger partial charge in [0.15, 0.2) is 17.3 Å². The quantitative estimate of drug-likeness (QED) is 0.359. The van der Waals surface area contributed by atoms with Crippen LogP contribution in [0.4, 0.5) is 0 Å². The van der Waals surface area contributed by atoms with E-state index in [2.05, 4.69) is 5.32 Å². The number of carbonyl (C=O) groups excluding carboxylic acids is 3. The van der Waals surface area contributed by atoms with Crippen molar-refractivity contribution in [1.29, 1.82) is 0 Å². The number of methoxy groups -OCH3 is 3. The summed E-state index contributed by atoms with van der Waals surface area (Å²) < 4.78 is 20.3. The fourth-order valence-corrected chi connectivity index (χ4v) is 4.47. The zero-order valence-corrected chi connectivity index (χ0v) is 19.4. The fraction of sp³-hybridized carbons (Fsp3) is 0.458. The molecule has 3 atom stereocenters. The number of nitrogens with one attached hydrogen (secondary N) is 1. The molecule has 0 saturated heterocycles. The number of carbonyl (C=O) groups is 3. The van der Waals surface area contributed by atoms with Gasteiger partial charge in [0, 0.05) is 30.0 Å². The molecule has 0 amide bonds. The molecular weight excluding hydrogens is 430 g/mol. The van der Waals surface area contributed by atoms with Gasteiger partial charge in [-0.2, -0.15) is 0 Å². The van der Waals surface area contributed by atoms with Crippen LogP contribution in [-0.4, -0.2) is 57.4 Å². The van der Waals surface area contributed by atoms with Crippen LogP contribution in [0.25, 0.3) is 0 Å². The minimum atomic E-state index is -0.992. The number of Topliss-reactive ketones (excluding diaryl/α,β-unsaturated/α-hetero) is 1. The van der Waals surface area contributed by atoms with Gasteiger partial charge in [0.05, 0.1) is 26.4 Å². The van der Waals surface area contributed by atoms with Crippen LogP contribution in [0.2, 0.25) is 0 Å². The highest BCUT2D eigenvalue weighted by Gasteiger charge is 2.47. The smallest absolute Gasteiger partial charge is 0.336 e. The summed E-state index contributed by atoms with van der Waals surface area (Å²) in [6.07, 6.45) is 0.419. The second kappa shape index (κ2) is 10.1. The van der Waals surface area contributed by atoms with Crippen molar-refractivity contribution < 1.29 is 38.4 Å². The molecule has 0 aromatic heterocycles. The molecule has 1 aromatic rings. The molecule has 3 rings (SSSR count). The van der Waals surface area contributed by atoms with Gasteiger partial charge in [-0.25, -0.2) is 4.79 Å². The Morgan fingerprint density at radius 2 is 1.91 bits per heavy atom. The Hall–Kier alpha value is -3.33. The predicted octanol–water partition coefficient (Wildman–Crippen LogP) is 2.20. The maximum atomic E-state index is 13.6. The van der Waals surface area contributed by atoms with Crippen molar-refractivity contribution in [3.8, 4) is 11.5 Å². The van der Waals surface area contributed by atoms with Crippen LogP contribution in [0.5, 0.6) is 11.5 Å². The molecule has 1 aromatic carbocycles. The molecule has 2 aliphatic rings. The first-order valence-electron chi connectivity index (χ1n) is 10.6. The van der Waals surface area contributed by atoms with E-state index in [1.165, 1.54) is 27.4 Å². The molecule has 178 valence electrons. The van der Waals surface area contributed by atoms with Crippen LogP contribution in [0, 0.1) is 11.8 Å². The van der Waals surface area contributed by atoms with E-state index in [-0.39, 0.29) is 41.8 Å². The molecule has 0 bridgehead atoms. The maximum absolute atomic E-state index is 13.6. The number of hydrogen-bond donors (Lipinski definition) is 2. The summed E-state index contributed by atoms with van der Waals surface area (Å²) in [5.74, 6) is -3.67. The van der Waals surface area contributed by atoms with E-state index in [0.29, 0.717) is 23.4 Å². The first-order valence-corrected chi connectivity index (χ1v) is 10.6. The van der Waals surface area contributed by atoms with E-state index < -0.39 is 29.6 Å². The van der Waals surface area contributed by atoms with Crippen LogP contribution >= 0.6 is 0 Å². The lowest BCUT2D eigenvalue weighted by Gasteiger charge is -2.38. The predicted molar refractivity (Wildman–Crippen MR) is 117 cm³/mol. The number of phenols is 1. The lowest BCUT2D eigenvalue weighted by molar-refractivity contribution is -0.151. The topological polar surface area (TPSA) is 120 Å². The number of hydrogen-bond acceptors (Lipinski definition) is 9. The van der Waals surface area contributed by atoms with Gasteiger partial charge in [-0.3, -0.25) is 9.59 Å². The number of ketones is 1. The molecule has 1 heterocycles. The number of dihydropyridines is 1. The van der Waals surface area contributed by atoms with Gasteiger partial charge in [0.1, 0.15) is 12.5 Å². The Bertz CT molecular complexity index is 1030. The van der Waals surface area contributed by atoms with Gasteiger partial charge in [0.25, 0.3) is 0 Å². The van der Waals surface area contributed by atoms with Gasteiger partial charge in [-0.15, -0.1) is 0 Å². The standard InChI is InChI=1S/C24H29NO8/c1-12-10-15-21(22(27)18(12)23(28)32-5)20(14-6-7-17(31-4)16(26)11-14)19(13(2)25-15)24(29)33-9-8-30-3/h6-7,11-12,18,20,25-26H,8-10H2,1-5H3/t12-,18-,20+/m1/s1. The summed E-state index contributed by atoms with van der Waals surface area (Å²) in [5, 5.41) is 13.6. The molecular formula is C24H29NO8. The van der Waals surface area contributed by atoms with Gasteiger partial charge in [-0.05, 0) is 37.0 Å². The van der Waals surface area contributed by atoms with Gasteiger partial charge >= 0.3 is 11.9 Å². The van der Waals surface area contributed by atoms with E-state index in [4.69, 9.17) is 18.9 Å². The average Bonchev–Trinajstić information content (AvgIpc) is 2.77. The molecule has 0 fully saturated rings. The normalized spacial score (nSPS) is 22.5. The Morgan fingerprint density at radius 3 is 2.52 bits per heavy atom. The molecule has 0 saturated carbocycles. The molecule has 0 radical (unpaired) electrons. The van der Waals surface area contributed by atoms with Crippen molar-refractivity contribution in [2.24, 2.45) is 11.8 Å². The number of ether oxygens (including phenoxy) is 4. The van der Waals surface area contributed by atoms with Crippen LogP contribution in [0.3, 0.4) is 0 Å². The van der Waals surface area contributed by atoms with Crippen molar-refractivity contribution in [3.05, 3.63) is 46.3 Å². The van der Waals surface area contributed by atoms with Crippen molar-refractivity contribution in [2.45, 2.75) is 26.2 Å². The summed E-state index contributed by atoms with van der Waals surface area (Å²) in [6, 6.07) is 4.69. The van der Waals surface area contributed by atoms with Crippen LogP contribution < -0.4 is 10.1 Å². The van der Waals surface area contributed by atoms with E-state index in [9.17, 15) is 19.5 Å². The van der Waals surface area contributed by atoms with Crippen LogP contribution in [-0.2, 0) is 28.6 Å². The van der Waals surface area contributed by atoms with E-state index in [0.717, 1.165) is 0 Å². The Balaban J connectivity index is 2.15.